The first-order valence-electron chi connectivity index (χ1n) is 9.75. The first-order chi connectivity index (χ1) is 12.6. The first kappa shape index (κ1) is 17.3. The van der Waals surface area contributed by atoms with Crippen molar-refractivity contribution >= 4 is 22.5 Å². The molecule has 2 N–H and O–H groups in total. The second-order valence-corrected chi connectivity index (χ2v) is 7.85. The molecule has 4 rings (SSSR count). The highest BCUT2D eigenvalue weighted by molar-refractivity contribution is 5.92. The summed E-state index contributed by atoms with van der Waals surface area (Å²) < 4.78 is 0. The van der Waals surface area contributed by atoms with Crippen LogP contribution in [0.3, 0.4) is 0 Å². The molecule has 1 aliphatic carbocycles. The Morgan fingerprint density at radius 1 is 1.31 bits per heavy atom. The number of hydrogen-bond acceptors (Lipinski definition) is 3. The van der Waals surface area contributed by atoms with Crippen molar-refractivity contribution in [2.45, 2.75) is 57.5 Å². The van der Waals surface area contributed by atoms with E-state index in [2.05, 4.69) is 34.4 Å². The fourth-order valence-corrected chi connectivity index (χ4v) is 4.67. The third-order valence-corrected chi connectivity index (χ3v) is 6.23. The molecule has 1 saturated carbocycles. The molecule has 2 aromatic rings. The van der Waals surface area contributed by atoms with Crippen LogP contribution in [0.4, 0.5) is 0 Å². The van der Waals surface area contributed by atoms with Gasteiger partial charge in [-0.25, -0.2) is 5.43 Å². The number of carbonyl (C=O) groups is 1. The molecule has 1 saturated heterocycles. The number of hydrazone groups is 1. The van der Waals surface area contributed by atoms with Crippen LogP contribution in [-0.2, 0) is 11.2 Å². The molecule has 5 nitrogen and oxygen atoms in total. The van der Waals surface area contributed by atoms with Crippen molar-refractivity contribution in [3.8, 4) is 0 Å². The highest BCUT2D eigenvalue weighted by Gasteiger charge is 2.38. The lowest BCUT2D eigenvalue weighted by Gasteiger charge is -2.46. The summed E-state index contributed by atoms with van der Waals surface area (Å²) in [5, 5.41) is 5.70. The molecular formula is C21H28N4O. The van der Waals surface area contributed by atoms with E-state index in [1.165, 1.54) is 31.4 Å². The van der Waals surface area contributed by atoms with Crippen LogP contribution in [-0.4, -0.2) is 40.6 Å². The van der Waals surface area contributed by atoms with Gasteiger partial charge in [0.1, 0.15) is 0 Å². The average molecular weight is 352 g/mol. The van der Waals surface area contributed by atoms with Crippen LogP contribution in [0, 0.1) is 5.92 Å². The van der Waals surface area contributed by atoms with Gasteiger partial charge in [-0.3, -0.25) is 9.69 Å². The van der Waals surface area contributed by atoms with Crippen molar-refractivity contribution in [2.24, 2.45) is 11.0 Å². The minimum absolute atomic E-state index is 0.0406. The van der Waals surface area contributed by atoms with E-state index in [9.17, 15) is 4.79 Å². The lowest BCUT2D eigenvalue weighted by molar-refractivity contribution is -0.120. The van der Waals surface area contributed by atoms with Crippen LogP contribution >= 0.6 is 0 Å². The third kappa shape index (κ3) is 3.28. The average Bonchev–Trinajstić information content (AvgIpc) is 3.06. The van der Waals surface area contributed by atoms with E-state index < -0.39 is 0 Å². The number of rotatable bonds is 3. The van der Waals surface area contributed by atoms with Crippen molar-refractivity contribution in [1.29, 1.82) is 0 Å². The summed E-state index contributed by atoms with van der Waals surface area (Å²) >= 11 is 0. The van der Waals surface area contributed by atoms with E-state index in [1.54, 1.807) is 0 Å². The number of fused-ring (bicyclic) bond motifs is 2. The molecule has 1 aliphatic heterocycles. The lowest BCUT2D eigenvalue weighted by atomic mass is 9.75. The molecule has 2 heterocycles. The Bertz CT molecular complexity index is 824. The van der Waals surface area contributed by atoms with E-state index in [4.69, 9.17) is 0 Å². The molecule has 26 heavy (non-hydrogen) atoms. The summed E-state index contributed by atoms with van der Waals surface area (Å²) in [5.41, 5.74) is 6.11. The number of H-pyrrole nitrogens is 1. The molecule has 0 radical (unpaired) electrons. The van der Waals surface area contributed by atoms with Crippen LogP contribution in [0.15, 0.2) is 35.6 Å². The minimum atomic E-state index is -0.0406. The Kier molecular flexibility index (Phi) is 4.81. The second-order valence-electron chi connectivity index (χ2n) is 7.85. The summed E-state index contributed by atoms with van der Waals surface area (Å²) in [4.78, 5) is 18.2. The fourth-order valence-electron chi connectivity index (χ4n) is 4.67. The number of benzene rings is 1. The zero-order valence-electron chi connectivity index (χ0n) is 15.7. The molecule has 5 heteroatoms. The number of nitrogens with one attached hydrogen (secondary N) is 2. The molecule has 3 unspecified atom stereocenters. The normalized spacial score (nSPS) is 28.2. The molecule has 1 aromatic carbocycles. The first-order valence-corrected chi connectivity index (χ1v) is 9.75. The zero-order valence-corrected chi connectivity index (χ0v) is 15.7. The third-order valence-electron chi connectivity index (χ3n) is 6.23. The van der Waals surface area contributed by atoms with Gasteiger partial charge in [0.25, 0.3) is 0 Å². The van der Waals surface area contributed by atoms with Gasteiger partial charge >= 0.3 is 0 Å². The summed E-state index contributed by atoms with van der Waals surface area (Å²) in [6, 6.07) is 9.14. The SMILES string of the molecule is CC1CC(=NNC(=O)Cc2c[nH]c3ccccc23)C2CCCCC2N1C. The standard InChI is InChI=1S/C21H28N4O/c1-14-11-19(17-8-4-6-10-20(17)25(14)2)23-24-21(26)12-15-13-22-18-9-5-3-7-16(15)18/h3,5,7,9,13-14,17,20,22H,4,6,8,10-12H2,1-2H3,(H,24,26). The van der Waals surface area contributed by atoms with Gasteiger partial charge in [-0.15, -0.1) is 0 Å². The number of aromatic amines is 1. The Morgan fingerprint density at radius 2 is 2.12 bits per heavy atom. The number of aromatic nitrogens is 1. The number of nitrogens with zero attached hydrogens (tertiary/aromatic N) is 2. The number of likely N-dealkylation sites (tertiary alicyclic amines) is 1. The molecule has 1 amide bonds. The smallest absolute Gasteiger partial charge is 0.244 e. The Balaban J connectivity index is 1.45. The van der Waals surface area contributed by atoms with Crippen LogP contribution in [0.2, 0.25) is 0 Å². The number of piperidine rings is 1. The second kappa shape index (κ2) is 7.23. The Morgan fingerprint density at radius 3 is 3.00 bits per heavy atom. The summed E-state index contributed by atoms with van der Waals surface area (Å²) in [6.07, 6.45) is 8.23. The van der Waals surface area contributed by atoms with Gasteiger partial charge in [-0.05, 0) is 38.4 Å². The molecule has 138 valence electrons. The molecule has 1 aromatic heterocycles. The largest absolute Gasteiger partial charge is 0.361 e. The minimum Gasteiger partial charge on any atom is -0.361 e. The van der Waals surface area contributed by atoms with E-state index in [0.717, 1.165) is 22.9 Å². The monoisotopic (exact) mass is 352 g/mol. The fraction of sp³-hybridized carbons (Fsp3) is 0.524. The van der Waals surface area contributed by atoms with Crippen LogP contribution < -0.4 is 5.43 Å². The molecule has 0 spiro atoms. The zero-order chi connectivity index (χ0) is 18.1. The van der Waals surface area contributed by atoms with E-state index in [-0.39, 0.29) is 5.91 Å². The maximum Gasteiger partial charge on any atom is 0.244 e. The van der Waals surface area contributed by atoms with Crippen molar-refractivity contribution in [2.75, 3.05) is 7.05 Å². The van der Waals surface area contributed by atoms with Gasteiger partial charge in [0.05, 0.1) is 6.42 Å². The summed E-state index contributed by atoms with van der Waals surface area (Å²) in [6.45, 7) is 2.26. The Hall–Kier alpha value is -2.14. The van der Waals surface area contributed by atoms with Gasteiger partial charge in [0.15, 0.2) is 0 Å². The molecule has 2 fully saturated rings. The van der Waals surface area contributed by atoms with Gasteiger partial charge in [0, 0.05) is 47.2 Å². The van der Waals surface area contributed by atoms with Crippen LogP contribution in [0.25, 0.3) is 10.9 Å². The van der Waals surface area contributed by atoms with E-state index in [1.807, 2.05) is 30.5 Å². The number of para-hydroxylation sites is 1. The van der Waals surface area contributed by atoms with Gasteiger partial charge < -0.3 is 4.98 Å². The molecule has 2 aliphatic rings. The van der Waals surface area contributed by atoms with Crippen LogP contribution in [0.1, 0.15) is 44.6 Å². The maximum atomic E-state index is 12.5. The predicted molar refractivity (Wildman–Crippen MR) is 105 cm³/mol. The van der Waals surface area contributed by atoms with Gasteiger partial charge in [-0.2, -0.15) is 5.10 Å². The number of amides is 1. The Labute approximate surface area is 154 Å². The summed E-state index contributed by atoms with van der Waals surface area (Å²) in [7, 11) is 2.24. The van der Waals surface area contributed by atoms with Crippen molar-refractivity contribution in [3.05, 3.63) is 36.0 Å². The van der Waals surface area contributed by atoms with Crippen LogP contribution in [0.5, 0.6) is 0 Å². The molecular weight excluding hydrogens is 324 g/mol. The van der Waals surface area contributed by atoms with Gasteiger partial charge in [0.2, 0.25) is 5.91 Å². The lowest BCUT2D eigenvalue weighted by Crippen LogP contribution is -2.53. The number of carbonyl (C=O) groups excluding carboxylic acids is 1. The van der Waals surface area contributed by atoms with E-state index in [0.29, 0.717) is 24.4 Å². The molecule has 0 bridgehead atoms. The number of hydrogen-bond donors (Lipinski definition) is 2. The maximum absolute atomic E-state index is 12.5. The predicted octanol–water partition coefficient (Wildman–Crippen LogP) is 3.47. The topological polar surface area (TPSA) is 60.5 Å². The van der Waals surface area contributed by atoms with Crippen molar-refractivity contribution in [1.82, 2.24) is 15.3 Å². The van der Waals surface area contributed by atoms with Crippen molar-refractivity contribution in [3.63, 3.8) is 0 Å². The highest BCUT2D eigenvalue weighted by Crippen LogP contribution is 2.35. The highest BCUT2D eigenvalue weighted by atomic mass is 16.2. The van der Waals surface area contributed by atoms with Crippen molar-refractivity contribution < 1.29 is 4.79 Å². The van der Waals surface area contributed by atoms with E-state index >= 15 is 0 Å². The quantitative estimate of drug-likeness (QED) is 0.831. The summed E-state index contributed by atoms with van der Waals surface area (Å²) in [5.74, 6) is 0.458. The van der Waals surface area contributed by atoms with Gasteiger partial charge in [-0.1, -0.05) is 31.0 Å². The molecule has 3 atom stereocenters.